The number of aryl methyl sites for hydroxylation is 2. The lowest BCUT2D eigenvalue weighted by Gasteiger charge is -2.37. The van der Waals surface area contributed by atoms with Crippen molar-refractivity contribution in [3.63, 3.8) is 0 Å². The SMILES string of the molecule is Cc1ccc(C(=O)N2CCC3(CC2)N=C(c2cccc(C)c2)C(=O)N3)cc1. The lowest BCUT2D eigenvalue weighted by molar-refractivity contribution is -0.115. The van der Waals surface area contributed by atoms with Crippen molar-refractivity contribution in [2.24, 2.45) is 4.99 Å². The Kier molecular flexibility index (Phi) is 4.30. The molecule has 1 saturated heterocycles. The van der Waals surface area contributed by atoms with Crippen molar-refractivity contribution >= 4 is 17.5 Å². The van der Waals surface area contributed by atoms with E-state index in [0.29, 0.717) is 37.2 Å². The van der Waals surface area contributed by atoms with Gasteiger partial charge in [0, 0.05) is 37.1 Å². The van der Waals surface area contributed by atoms with Crippen molar-refractivity contribution in [3.8, 4) is 0 Å². The van der Waals surface area contributed by atoms with Gasteiger partial charge in [-0.25, -0.2) is 0 Å². The second-order valence-electron chi connectivity index (χ2n) is 7.47. The van der Waals surface area contributed by atoms with E-state index in [1.165, 1.54) is 0 Å². The average Bonchev–Trinajstić information content (AvgIpc) is 2.98. The molecule has 2 aromatic carbocycles. The highest BCUT2D eigenvalue weighted by Gasteiger charge is 2.42. The van der Waals surface area contributed by atoms with E-state index in [1.54, 1.807) is 0 Å². The minimum atomic E-state index is -0.583. The summed E-state index contributed by atoms with van der Waals surface area (Å²) in [6.07, 6.45) is 1.26. The third-order valence-electron chi connectivity index (χ3n) is 5.35. The van der Waals surface area contributed by atoms with Crippen molar-refractivity contribution in [2.75, 3.05) is 13.1 Å². The predicted octanol–water partition coefficient (Wildman–Crippen LogP) is 2.85. The highest BCUT2D eigenvalue weighted by molar-refractivity contribution is 6.46. The maximum atomic E-state index is 12.7. The van der Waals surface area contributed by atoms with Crippen molar-refractivity contribution < 1.29 is 9.59 Å². The third-order valence-corrected chi connectivity index (χ3v) is 5.35. The molecule has 2 aliphatic heterocycles. The van der Waals surface area contributed by atoms with Crippen LogP contribution in [0.3, 0.4) is 0 Å². The van der Waals surface area contributed by atoms with Crippen LogP contribution in [0, 0.1) is 13.8 Å². The van der Waals surface area contributed by atoms with Crippen molar-refractivity contribution in [2.45, 2.75) is 32.4 Å². The molecule has 138 valence electrons. The summed E-state index contributed by atoms with van der Waals surface area (Å²) in [5, 5.41) is 3.06. The molecular weight excluding hydrogens is 338 g/mol. The predicted molar refractivity (Wildman–Crippen MR) is 105 cm³/mol. The van der Waals surface area contributed by atoms with Gasteiger partial charge >= 0.3 is 0 Å². The summed E-state index contributed by atoms with van der Waals surface area (Å²) >= 11 is 0. The van der Waals surface area contributed by atoms with Crippen molar-refractivity contribution in [3.05, 3.63) is 70.8 Å². The van der Waals surface area contributed by atoms with E-state index in [1.807, 2.05) is 67.3 Å². The fourth-order valence-electron chi connectivity index (χ4n) is 3.75. The monoisotopic (exact) mass is 361 g/mol. The fraction of sp³-hybridized carbons (Fsp3) is 0.318. The second-order valence-corrected chi connectivity index (χ2v) is 7.47. The van der Waals surface area contributed by atoms with Crippen LogP contribution in [-0.4, -0.2) is 41.2 Å². The molecule has 27 heavy (non-hydrogen) atoms. The molecule has 5 nitrogen and oxygen atoms in total. The van der Waals surface area contributed by atoms with Gasteiger partial charge in [0.2, 0.25) is 0 Å². The fourth-order valence-corrected chi connectivity index (χ4v) is 3.75. The highest BCUT2D eigenvalue weighted by atomic mass is 16.2. The topological polar surface area (TPSA) is 61.8 Å². The van der Waals surface area contributed by atoms with Gasteiger partial charge in [-0.3, -0.25) is 14.6 Å². The van der Waals surface area contributed by atoms with Crippen molar-refractivity contribution in [1.82, 2.24) is 10.2 Å². The first-order valence-corrected chi connectivity index (χ1v) is 9.31. The normalized spacial score (nSPS) is 18.4. The molecule has 0 aromatic heterocycles. The van der Waals surface area contributed by atoms with Crippen LogP contribution in [0.2, 0.25) is 0 Å². The second kappa shape index (κ2) is 6.65. The standard InChI is InChI=1S/C22H23N3O2/c1-15-6-8-17(9-7-15)21(27)25-12-10-22(11-13-25)23-19(20(26)24-22)18-5-3-4-16(2)14-18/h3-9,14H,10-13H2,1-2H3,(H,24,26). The highest BCUT2D eigenvalue weighted by Crippen LogP contribution is 2.29. The van der Waals surface area contributed by atoms with E-state index >= 15 is 0 Å². The Morgan fingerprint density at radius 2 is 1.74 bits per heavy atom. The summed E-state index contributed by atoms with van der Waals surface area (Å²) in [5.41, 5.74) is 3.70. The van der Waals surface area contributed by atoms with Crippen LogP contribution in [0.5, 0.6) is 0 Å². The Balaban J connectivity index is 1.49. The van der Waals surface area contributed by atoms with Crippen LogP contribution in [0.25, 0.3) is 0 Å². The molecule has 0 bridgehead atoms. The third kappa shape index (κ3) is 3.37. The van der Waals surface area contributed by atoms with Crippen LogP contribution in [0.15, 0.2) is 53.5 Å². The van der Waals surface area contributed by atoms with Gasteiger partial charge in [-0.2, -0.15) is 0 Å². The van der Waals surface area contributed by atoms with E-state index < -0.39 is 5.66 Å². The number of benzene rings is 2. The molecule has 1 spiro atoms. The first kappa shape index (κ1) is 17.5. The molecule has 0 aliphatic carbocycles. The van der Waals surface area contributed by atoms with E-state index in [-0.39, 0.29) is 11.8 Å². The maximum absolute atomic E-state index is 12.7. The zero-order valence-corrected chi connectivity index (χ0v) is 15.7. The van der Waals surface area contributed by atoms with E-state index in [2.05, 4.69) is 5.32 Å². The minimum absolute atomic E-state index is 0.0389. The Morgan fingerprint density at radius 1 is 1.04 bits per heavy atom. The van der Waals surface area contributed by atoms with Gasteiger partial charge < -0.3 is 10.2 Å². The van der Waals surface area contributed by atoms with Gasteiger partial charge in [0.1, 0.15) is 11.4 Å². The number of rotatable bonds is 2. The van der Waals surface area contributed by atoms with Crippen LogP contribution in [0.4, 0.5) is 0 Å². The zero-order valence-electron chi connectivity index (χ0n) is 15.7. The van der Waals surface area contributed by atoms with Gasteiger partial charge in [-0.05, 0) is 32.0 Å². The Morgan fingerprint density at radius 3 is 2.41 bits per heavy atom. The summed E-state index contributed by atoms with van der Waals surface area (Å²) in [5.74, 6) is -0.0871. The molecule has 0 unspecified atom stereocenters. The number of nitrogens with one attached hydrogen (secondary N) is 1. The largest absolute Gasteiger partial charge is 0.338 e. The van der Waals surface area contributed by atoms with Gasteiger partial charge in [0.05, 0.1) is 0 Å². The quantitative estimate of drug-likeness (QED) is 0.894. The summed E-state index contributed by atoms with van der Waals surface area (Å²) in [6, 6.07) is 15.5. The summed E-state index contributed by atoms with van der Waals surface area (Å²) in [4.78, 5) is 31.8. The Bertz CT molecular complexity index is 923. The molecule has 2 aromatic rings. The Labute approximate surface area is 159 Å². The summed E-state index contributed by atoms with van der Waals surface area (Å²) in [7, 11) is 0. The summed E-state index contributed by atoms with van der Waals surface area (Å²) < 4.78 is 0. The first-order chi connectivity index (χ1) is 13.0. The lowest BCUT2D eigenvalue weighted by atomic mass is 9.97. The number of hydrogen-bond acceptors (Lipinski definition) is 3. The number of aliphatic imine (C=N–C) groups is 1. The molecule has 2 aliphatic rings. The molecule has 2 heterocycles. The zero-order chi connectivity index (χ0) is 19.0. The van der Waals surface area contributed by atoms with Gasteiger partial charge in [-0.15, -0.1) is 0 Å². The van der Waals surface area contributed by atoms with E-state index in [0.717, 1.165) is 16.7 Å². The van der Waals surface area contributed by atoms with Gasteiger partial charge in [0.15, 0.2) is 0 Å². The van der Waals surface area contributed by atoms with Crippen LogP contribution >= 0.6 is 0 Å². The molecule has 2 amide bonds. The van der Waals surface area contributed by atoms with Crippen LogP contribution in [-0.2, 0) is 4.79 Å². The average molecular weight is 361 g/mol. The van der Waals surface area contributed by atoms with Crippen molar-refractivity contribution in [1.29, 1.82) is 0 Å². The van der Waals surface area contributed by atoms with E-state index in [9.17, 15) is 9.59 Å². The number of hydrogen-bond donors (Lipinski definition) is 1. The van der Waals surface area contributed by atoms with Gasteiger partial charge in [0.25, 0.3) is 11.8 Å². The number of carbonyl (C=O) groups is 2. The number of piperidine rings is 1. The van der Waals surface area contributed by atoms with Crippen LogP contribution < -0.4 is 5.32 Å². The van der Waals surface area contributed by atoms with Gasteiger partial charge in [-0.1, -0.05) is 41.5 Å². The molecular formula is C22H23N3O2. The molecule has 1 N–H and O–H groups in total. The molecule has 1 fully saturated rings. The molecule has 0 radical (unpaired) electrons. The minimum Gasteiger partial charge on any atom is -0.338 e. The number of nitrogens with zero attached hydrogens (tertiary/aromatic N) is 2. The van der Waals surface area contributed by atoms with E-state index in [4.69, 9.17) is 4.99 Å². The van der Waals surface area contributed by atoms with Crippen LogP contribution in [0.1, 0.15) is 39.9 Å². The molecule has 0 saturated carbocycles. The molecule has 4 rings (SSSR count). The number of likely N-dealkylation sites (tertiary alicyclic amines) is 1. The number of amides is 2. The lowest BCUT2D eigenvalue weighted by Crippen LogP contribution is -2.52. The Hall–Kier alpha value is -2.95. The molecule has 0 atom stereocenters. The molecule has 5 heteroatoms. The summed E-state index contributed by atoms with van der Waals surface area (Å²) in [6.45, 7) is 5.17. The number of carbonyl (C=O) groups excluding carboxylic acids is 2. The maximum Gasteiger partial charge on any atom is 0.272 e. The smallest absolute Gasteiger partial charge is 0.272 e. The first-order valence-electron chi connectivity index (χ1n) is 9.31.